The van der Waals surface area contributed by atoms with Crippen LogP contribution in [0.3, 0.4) is 0 Å². The van der Waals surface area contributed by atoms with Crippen LogP contribution < -0.4 is 5.73 Å². The van der Waals surface area contributed by atoms with Gasteiger partial charge in [0.15, 0.2) is 0 Å². The van der Waals surface area contributed by atoms with Crippen LogP contribution >= 0.6 is 0 Å². The van der Waals surface area contributed by atoms with Crippen LogP contribution in [0.2, 0.25) is 0 Å². The summed E-state index contributed by atoms with van der Waals surface area (Å²) in [5, 5.41) is 0. The van der Waals surface area contributed by atoms with Crippen molar-refractivity contribution >= 4 is 5.82 Å². The molecule has 0 aromatic carbocycles. The van der Waals surface area contributed by atoms with E-state index in [9.17, 15) is 13.2 Å². The fourth-order valence-electron chi connectivity index (χ4n) is 1.81. The van der Waals surface area contributed by atoms with Gasteiger partial charge in [-0.2, -0.15) is 13.2 Å². The van der Waals surface area contributed by atoms with E-state index in [1.807, 2.05) is 0 Å². The van der Waals surface area contributed by atoms with Crippen molar-refractivity contribution in [1.82, 2.24) is 4.98 Å². The monoisotopic (exact) mass is 216 g/mol. The lowest BCUT2D eigenvalue weighted by atomic mass is 10.0. The normalized spacial score (nSPS) is 16.8. The molecule has 0 spiro atoms. The molecule has 0 amide bonds. The number of nitrogen functional groups attached to an aromatic ring is 1. The zero-order valence-electron chi connectivity index (χ0n) is 8.23. The highest BCUT2D eigenvalue weighted by atomic mass is 19.4. The van der Waals surface area contributed by atoms with E-state index >= 15 is 0 Å². The highest BCUT2D eigenvalue weighted by Gasteiger charge is 2.40. The third-order valence-corrected chi connectivity index (χ3v) is 2.55. The van der Waals surface area contributed by atoms with Crippen LogP contribution in [0.5, 0.6) is 0 Å². The van der Waals surface area contributed by atoms with Crippen molar-refractivity contribution in [3.05, 3.63) is 22.9 Å². The fraction of sp³-hybridized carbons (Fsp3) is 0.500. The van der Waals surface area contributed by atoms with Gasteiger partial charge in [0.2, 0.25) is 0 Å². The molecule has 1 aliphatic rings. The lowest BCUT2D eigenvalue weighted by Gasteiger charge is -2.15. The molecule has 1 fully saturated rings. The zero-order valence-corrected chi connectivity index (χ0v) is 8.23. The van der Waals surface area contributed by atoms with Gasteiger partial charge in [-0.15, -0.1) is 0 Å². The number of hydrogen-bond donors (Lipinski definition) is 1. The number of rotatable bonds is 1. The molecule has 1 aromatic rings. The van der Waals surface area contributed by atoms with E-state index in [0.717, 1.165) is 12.8 Å². The Bertz CT molecular complexity index is 394. The van der Waals surface area contributed by atoms with Crippen molar-refractivity contribution in [2.45, 2.75) is 31.9 Å². The van der Waals surface area contributed by atoms with Crippen LogP contribution in [0, 0.1) is 6.92 Å². The van der Waals surface area contributed by atoms with E-state index in [2.05, 4.69) is 4.98 Å². The Morgan fingerprint density at radius 2 is 2.00 bits per heavy atom. The van der Waals surface area contributed by atoms with E-state index in [1.54, 1.807) is 0 Å². The minimum atomic E-state index is -4.33. The zero-order chi connectivity index (χ0) is 11.2. The Hall–Kier alpha value is -1.26. The van der Waals surface area contributed by atoms with Crippen LogP contribution in [0.4, 0.5) is 19.0 Å². The molecule has 1 saturated carbocycles. The molecule has 1 aliphatic carbocycles. The number of nitrogens with two attached hydrogens (primary N) is 1. The summed E-state index contributed by atoms with van der Waals surface area (Å²) in [7, 11) is 0. The first-order valence-corrected chi connectivity index (χ1v) is 4.74. The largest absolute Gasteiger partial charge is 0.418 e. The van der Waals surface area contributed by atoms with Crippen molar-refractivity contribution in [3.8, 4) is 0 Å². The second kappa shape index (κ2) is 3.12. The smallest absolute Gasteiger partial charge is 0.384 e. The number of aryl methyl sites for hydroxylation is 1. The average molecular weight is 216 g/mol. The van der Waals surface area contributed by atoms with Gasteiger partial charge < -0.3 is 5.73 Å². The standard InChI is InChI=1S/C10H11F3N2/c1-5-9(10(11,12)13)7(6-2-3-6)4-8(14)15-5/h4,6H,2-3H2,1H3,(H2,14,15). The fourth-order valence-corrected chi connectivity index (χ4v) is 1.81. The first-order chi connectivity index (χ1) is 6.89. The molecular formula is C10H11F3N2. The van der Waals surface area contributed by atoms with Crippen LogP contribution in [0.1, 0.15) is 35.6 Å². The minimum absolute atomic E-state index is 0.0191. The Morgan fingerprint density at radius 1 is 1.40 bits per heavy atom. The van der Waals surface area contributed by atoms with Gasteiger partial charge in [0.05, 0.1) is 11.3 Å². The predicted molar refractivity (Wildman–Crippen MR) is 50.4 cm³/mol. The van der Waals surface area contributed by atoms with Crippen molar-refractivity contribution in [2.75, 3.05) is 5.73 Å². The summed E-state index contributed by atoms with van der Waals surface area (Å²) in [6.45, 7) is 1.35. The summed E-state index contributed by atoms with van der Waals surface area (Å²) >= 11 is 0. The van der Waals surface area contributed by atoms with Gasteiger partial charge in [-0.1, -0.05) is 0 Å². The van der Waals surface area contributed by atoms with E-state index < -0.39 is 11.7 Å². The number of pyridine rings is 1. The highest BCUT2D eigenvalue weighted by Crippen LogP contribution is 2.46. The molecule has 0 saturated heterocycles. The average Bonchev–Trinajstić information content (AvgIpc) is 2.80. The van der Waals surface area contributed by atoms with Crippen LogP contribution in [-0.4, -0.2) is 4.98 Å². The SMILES string of the molecule is Cc1nc(N)cc(C2CC2)c1C(F)(F)F. The Kier molecular flexibility index (Phi) is 2.13. The highest BCUT2D eigenvalue weighted by molar-refractivity contribution is 5.45. The summed E-state index contributed by atoms with van der Waals surface area (Å²) in [6.07, 6.45) is -2.71. The van der Waals surface area contributed by atoms with Gasteiger partial charge in [-0.3, -0.25) is 0 Å². The van der Waals surface area contributed by atoms with Crippen molar-refractivity contribution in [2.24, 2.45) is 0 Å². The molecule has 0 aliphatic heterocycles. The number of aromatic nitrogens is 1. The van der Waals surface area contributed by atoms with Crippen molar-refractivity contribution in [3.63, 3.8) is 0 Å². The number of alkyl halides is 3. The lowest BCUT2D eigenvalue weighted by Crippen LogP contribution is -2.13. The molecule has 0 radical (unpaired) electrons. The minimum Gasteiger partial charge on any atom is -0.384 e. The number of hydrogen-bond acceptors (Lipinski definition) is 2. The topological polar surface area (TPSA) is 38.9 Å². The van der Waals surface area contributed by atoms with E-state index in [1.165, 1.54) is 13.0 Å². The third kappa shape index (κ3) is 1.91. The maximum absolute atomic E-state index is 12.7. The summed E-state index contributed by atoms with van der Waals surface area (Å²) < 4.78 is 38.2. The van der Waals surface area contributed by atoms with E-state index in [4.69, 9.17) is 5.73 Å². The molecule has 2 rings (SSSR count). The van der Waals surface area contributed by atoms with Gasteiger partial charge in [-0.25, -0.2) is 4.98 Å². The molecule has 2 nitrogen and oxygen atoms in total. The van der Waals surface area contributed by atoms with E-state index in [0.29, 0.717) is 5.56 Å². The van der Waals surface area contributed by atoms with E-state index in [-0.39, 0.29) is 17.4 Å². The number of nitrogens with zero attached hydrogens (tertiary/aromatic N) is 1. The molecule has 0 unspecified atom stereocenters. The second-order valence-corrected chi connectivity index (χ2v) is 3.87. The van der Waals surface area contributed by atoms with Crippen molar-refractivity contribution < 1.29 is 13.2 Å². The van der Waals surface area contributed by atoms with Gasteiger partial charge in [0.25, 0.3) is 0 Å². The van der Waals surface area contributed by atoms with Crippen LogP contribution in [0.25, 0.3) is 0 Å². The lowest BCUT2D eigenvalue weighted by molar-refractivity contribution is -0.138. The number of halogens is 3. The first kappa shape index (κ1) is 10.3. The molecule has 15 heavy (non-hydrogen) atoms. The predicted octanol–water partition coefficient (Wildman–Crippen LogP) is 2.87. The van der Waals surface area contributed by atoms with Gasteiger partial charge in [0.1, 0.15) is 5.82 Å². The van der Waals surface area contributed by atoms with Crippen molar-refractivity contribution in [1.29, 1.82) is 0 Å². The van der Waals surface area contributed by atoms with Gasteiger partial charge in [-0.05, 0) is 37.3 Å². The molecule has 2 N–H and O–H groups in total. The molecule has 1 aromatic heterocycles. The molecule has 0 bridgehead atoms. The van der Waals surface area contributed by atoms with Crippen LogP contribution in [-0.2, 0) is 6.18 Å². The second-order valence-electron chi connectivity index (χ2n) is 3.87. The summed E-state index contributed by atoms with van der Waals surface area (Å²) in [4.78, 5) is 3.67. The maximum Gasteiger partial charge on any atom is 0.418 e. The third-order valence-electron chi connectivity index (χ3n) is 2.55. The number of anilines is 1. The Morgan fingerprint density at radius 3 is 2.47 bits per heavy atom. The summed E-state index contributed by atoms with van der Waals surface area (Å²) in [5.41, 5.74) is 5.15. The molecule has 82 valence electrons. The Labute approximate surface area is 85.3 Å². The molecule has 1 heterocycles. The molecule has 5 heteroatoms. The first-order valence-electron chi connectivity index (χ1n) is 4.74. The summed E-state index contributed by atoms with van der Waals surface area (Å²) in [6, 6.07) is 1.35. The quantitative estimate of drug-likeness (QED) is 0.783. The maximum atomic E-state index is 12.7. The van der Waals surface area contributed by atoms with Crippen LogP contribution in [0.15, 0.2) is 6.07 Å². The summed E-state index contributed by atoms with van der Waals surface area (Å²) in [5.74, 6) is 0.188. The Balaban J connectivity index is 2.59. The molecule has 0 atom stereocenters. The molecular weight excluding hydrogens is 205 g/mol. The van der Waals surface area contributed by atoms with Gasteiger partial charge >= 0.3 is 6.18 Å². The van der Waals surface area contributed by atoms with Gasteiger partial charge in [0, 0.05) is 0 Å².